The van der Waals surface area contributed by atoms with E-state index in [1.165, 1.54) is 18.3 Å². The van der Waals surface area contributed by atoms with Gasteiger partial charge in [0.25, 0.3) is 0 Å². The molecule has 0 atom stereocenters. The smallest absolute Gasteiger partial charge is 0.223 e. The van der Waals surface area contributed by atoms with E-state index in [-0.39, 0.29) is 5.91 Å². The number of carbonyl (C=O) groups excluding carboxylic acids is 1. The fraction of sp³-hybridized carbons (Fsp3) is 0.190. The van der Waals surface area contributed by atoms with Gasteiger partial charge in [0, 0.05) is 31.0 Å². The van der Waals surface area contributed by atoms with Gasteiger partial charge in [-0.1, -0.05) is 29.0 Å². The molecule has 152 valence electrons. The average Bonchev–Trinajstić information content (AvgIpc) is 3.28. The molecule has 0 bridgehead atoms. The molecular formula is C21H19ClN6OS. The second-order valence-electron chi connectivity index (χ2n) is 6.77. The second-order valence-corrected chi connectivity index (χ2v) is 8.16. The Bertz CT molecular complexity index is 1210. The fourth-order valence-corrected chi connectivity index (χ4v) is 4.71. The molecule has 1 aliphatic carbocycles. The van der Waals surface area contributed by atoms with Gasteiger partial charge < -0.3 is 5.32 Å². The van der Waals surface area contributed by atoms with Crippen LogP contribution in [-0.4, -0.2) is 32.4 Å². The van der Waals surface area contributed by atoms with Crippen molar-refractivity contribution in [1.82, 2.24) is 19.7 Å². The Morgan fingerprint density at radius 3 is 2.97 bits per heavy atom. The van der Waals surface area contributed by atoms with E-state index in [9.17, 15) is 4.79 Å². The molecule has 3 aromatic heterocycles. The predicted molar refractivity (Wildman–Crippen MR) is 122 cm³/mol. The lowest BCUT2D eigenvalue weighted by Crippen LogP contribution is -2.07. The molecule has 1 aliphatic rings. The summed E-state index contributed by atoms with van der Waals surface area (Å²) in [5.41, 5.74) is 5.81. The Morgan fingerprint density at radius 1 is 1.40 bits per heavy atom. The third-order valence-corrected chi connectivity index (χ3v) is 5.88. The number of hydrogen-bond donors (Lipinski definition) is 1. The van der Waals surface area contributed by atoms with Crippen molar-refractivity contribution in [3.63, 3.8) is 0 Å². The van der Waals surface area contributed by atoms with E-state index in [0.717, 1.165) is 51.6 Å². The molecule has 0 aromatic carbocycles. The Balaban J connectivity index is 1.92. The van der Waals surface area contributed by atoms with Gasteiger partial charge in [0.1, 0.15) is 5.15 Å². The monoisotopic (exact) mass is 438 g/mol. The maximum Gasteiger partial charge on any atom is 0.223 e. The third-order valence-electron chi connectivity index (χ3n) is 4.66. The molecule has 0 fully saturated rings. The first kappa shape index (κ1) is 20.2. The summed E-state index contributed by atoms with van der Waals surface area (Å²) in [5, 5.41) is 8.71. The van der Waals surface area contributed by atoms with Gasteiger partial charge in [-0.3, -0.25) is 9.79 Å². The van der Waals surface area contributed by atoms with Crippen LogP contribution >= 0.6 is 22.9 Å². The molecule has 0 saturated heterocycles. The molecule has 1 N–H and O–H groups in total. The number of aliphatic imine (C=N–C) groups is 1. The highest BCUT2D eigenvalue weighted by atomic mass is 35.5. The highest BCUT2D eigenvalue weighted by molar-refractivity contribution is 7.19. The molecule has 0 unspecified atom stereocenters. The standard InChI is InChI=1S/C21H19ClN6OS/c1-12(5-4-9-23-3)18-15-6-7-16-20(30-21(26-16)25-13(2)29)19(15)28(27-18)14-8-10-24-17(22)11-14/h4-5,8-11H,3,6-7H2,1-2H3,(H,25,26,29)/b9-4-,12-5+. The van der Waals surface area contributed by atoms with E-state index in [0.29, 0.717) is 10.3 Å². The van der Waals surface area contributed by atoms with Gasteiger partial charge in [-0.15, -0.1) is 0 Å². The van der Waals surface area contributed by atoms with E-state index in [1.54, 1.807) is 18.5 Å². The highest BCUT2D eigenvalue weighted by Crippen LogP contribution is 2.43. The summed E-state index contributed by atoms with van der Waals surface area (Å²) in [5.74, 6) is -0.141. The lowest BCUT2D eigenvalue weighted by atomic mass is 9.95. The zero-order valence-corrected chi connectivity index (χ0v) is 18.1. The molecule has 0 spiro atoms. The van der Waals surface area contributed by atoms with Crippen LogP contribution < -0.4 is 5.32 Å². The van der Waals surface area contributed by atoms with Crippen molar-refractivity contribution in [3.05, 3.63) is 58.8 Å². The zero-order valence-electron chi connectivity index (χ0n) is 16.5. The number of halogens is 1. The normalized spacial score (nSPS) is 13.2. The Hall–Kier alpha value is -3.10. The minimum atomic E-state index is -0.141. The molecule has 3 heterocycles. The average molecular weight is 439 g/mol. The van der Waals surface area contributed by atoms with Crippen LogP contribution in [0.1, 0.15) is 30.8 Å². The molecule has 4 rings (SSSR count). The van der Waals surface area contributed by atoms with E-state index in [4.69, 9.17) is 16.7 Å². The molecule has 0 aliphatic heterocycles. The number of aromatic nitrogens is 4. The molecule has 3 aromatic rings. The van der Waals surface area contributed by atoms with Crippen molar-refractivity contribution in [2.24, 2.45) is 4.99 Å². The fourth-order valence-electron chi connectivity index (χ4n) is 3.43. The van der Waals surface area contributed by atoms with Gasteiger partial charge in [0.15, 0.2) is 5.13 Å². The molecule has 1 amide bonds. The summed E-state index contributed by atoms with van der Waals surface area (Å²) in [6.45, 7) is 6.96. The number of allylic oxidation sites excluding steroid dienone is 3. The number of pyridine rings is 1. The van der Waals surface area contributed by atoms with Crippen molar-refractivity contribution < 1.29 is 4.79 Å². The van der Waals surface area contributed by atoms with Crippen molar-refractivity contribution in [2.45, 2.75) is 26.7 Å². The Kier molecular flexibility index (Phi) is 5.61. The Labute approximate surface area is 182 Å². The van der Waals surface area contributed by atoms with Crippen LogP contribution in [0.15, 0.2) is 41.7 Å². The first-order valence-electron chi connectivity index (χ1n) is 9.29. The van der Waals surface area contributed by atoms with Gasteiger partial charge in [0.05, 0.1) is 27.6 Å². The molecule has 7 nitrogen and oxygen atoms in total. The predicted octanol–water partition coefficient (Wildman–Crippen LogP) is 4.72. The van der Waals surface area contributed by atoms with E-state index < -0.39 is 0 Å². The summed E-state index contributed by atoms with van der Waals surface area (Å²) >= 11 is 7.60. The van der Waals surface area contributed by atoms with Crippen LogP contribution in [-0.2, 0) is 17.6 Å². The van der Waals surface area contributed by atoms with Crippen molar-refractivity contribution in [3.8, 4) is 16.3 Å². The number of nitrogens with zero attached hydrogens (tertiary/aromatic N) is 5. The summed E-state index contributed by atoms with van der Waals surface area (Å²) in [7, 11) is 0. The number of aryl methyl sites for hydroxylation is 1. The summed E-state index contributed by atoms with van der Waals surface area (Å²) in [4.78, 5) is 25.0. The lowest BCUT2D eigenvalue weighted by molar-refractivity contribution is -0.114. The topological polar surface area (TPSA) is 85.1 Å². The zero-order chi connectivity index (χ0) is 21.3. The minimum absolute atomic E-state index is 0.141. The van der Waals surface area contributed by atoms with E-state index in [1.807, 2.05) is 29.8 Å². The SMILES string of the molecule is C=N/C=C\C=C(/C)c1nn(-c2ccnc(Cl)c2)c2c1CCc1nc(NC(C)=O)sc1-2. The third kappa shape index (κ3) is 3.83. The van der Waals surface area contributed by atoms with Crippen molar-refractivity contribution >= 4 is 46.3 Å². The van der Waals surface area contributed by atoms with Crippen LogP contribution in [0.3, 0.4) is 0 Å². The molecule has 9 heteroatoms. The summed E-state index contributed by atoms with van der Waals surface area (Å²) in [6, 6.07) is 3.65. The first-order valence-corrected chi connectivity index (χ1v) is 10.5. The van der Waals surface area contributed by atoms with Crippen LogP contribution in [0.25, 0.3) is 21.8 Å². The number of nitrogens with one attached hydrogen (secondary N) is 1. The van der Waals surface area contributed by atoms with Crippen LogP contribution in [0.2, 0.25) is 5.15 Å². The molecule has 30 heavy (non-hydrogen) atoms. The van der Waals surface area contributed by atoms with Gasteiger partial charge in [0.2, 0.25) is 5.91 Å². The molecule has 0 radical (unpaired) electrons. The number of anilines is 1. The van der Waals surface area contributed by atoms with Gasteiger partial charge >= 0.3 is 0 Å². The Morgan fingerprint density at radius 2 is 2.23 bits per heavy atom. The largest absolute Gasteiger partial charge is 0.302 e. The molecule has 0 saturated carbocycles. The second kappa shape index (κ2) is 8.33. The molecular weight excluding hydrogens is 420 g/mol. The highest BCUT2D eigenvalue weighted by Gasteiger charge is 2.29. The van der Waals surface area contributed by atoms with Crippen LogP contribution in [0, 0.1) is 0 Å². The maximum atomic E-state index is 11.5. The number of fused-ring (bicyclic) bond motifs is 3. The number of carbonyl (C=O) groups is 1. The van der Waals surface area contributed by atoms with E-state index >= 15 is 0 Å². The number of hydrogen-bond acceptors (Lipinski definition) is 6. The van der Waals surface area contributed by atoms with Crippen LogP contribution in [0.4, 0.5) is 5.13 Å². The van der Waals surface area contributed by atoms with Gasteiger partial charge in [-0.2, -0.15) is 5.10 Å². The first-order chi connectivity index (χ1) is 14.5. The van der Waals surface area contributed by atoms with Gasteiger partial charge in [-0.25, -0.2) is 14.6 Å². The summed E-state index contributed by atoms with van der Waals surface area (Å²) in [6.07, 6.45) is 8.68. The summed E-state index contributed by atoms with van der Waals surface area (Å²) < 4.78 is 1.89. The number of thiazole rings is 1. The maximum absolute atomic E-state index is 11.5. The lowest BCUT2D eigenvalue weighted by Gasteiger charge is -2.14. The minimum Gasteiger partial charge on any atom is -0.302 e. The van der Waals surface area contributed by atoms with Gasteiger partial charge in [-0.05, 0) is 44.2 Å². The number of rotatable bonds is 5. The van der Waals surface area contributed by atoms with Crippen LogP contribution in [0.5, 0.6) is 0 Å². The quantitative estimate of drug-likeness (QED) is 0.355. The van der Waals surface area contributed by atoms with E-state index in [2.05, 4.69) is 27.0 Å². The van der Waals surface area contributed by atoms with Crippen molar-refractivity contribution in [1.29, 1.82) is 0 Å². The van der Waals surface area contributed by atoms with Crippen molar-refractivity contribution in [2.75, 3.05) is 5.32 Å². The number of amides is 1.